The minimum Gasteiger partial charge on any atom is -0.338 e. The van der Waals surface area contributed by atoms with Gasteiger partial charge in [0, 0.05) is 25.5 Å². The number of hydrogen-bond donors (Lipinski definition) is 0. The predicted molar refractivity (Wildman–Crippen MR) is 65.5 cm³/mol. The predicted octanol–water partition coefficient (Wildman–Crippen LogP) is 2.12. The van der Waals surface area contributed by atoms with E-state index >= 15 is 0 Å². The summed E-state index contributed by atoms with van der Waals surface area (Å²) in [5.41, 5.74) is 0.708. The Bertz CT molecular complexity index is 425. The number of fused-ring (bicyclic) bond motifs is 1. The topological polar surface area (TPSA) is 33.2 Å². The van der Waals surface area contributed by atoms with Gasteiger partial charge in [0.25, 0.3) is 5.91 Å². The SMILES string of the molecule is O=C(c1cccnc1)N1CC2CC=CCC2C1. The highest BCUT2D eigenvalue weighted by Gasteiger charge is 2.35. The van der Waals surface area contributed by atoms with Crippen molar-refractivity contribution in [3.8, 4) is 0 Å². The molecule has 3 rings (SSSR count). The fourth-order valence-electron chi connectivity index (χ4n) is 2.85. The lowest BCUT2D eigenvalue weighted by molar-refractivity contribution is 0.0784. The smallest absolute Gasteiger partial charge is 0.255 e. The summed E-state index contributed by atoms with van der Waals surface area (Å²) in [6.07, 6.45) is 10.1. The van der Waals surface area contributed by atoms with Crippen LogP contribution in [-0.2, 0) is 0 Å². The maximum atomic E-state index is 12.3. The van der Waals surface area contributed by atoms with Crippen LogP contribution in [0, 0.1) is 11.8 Å². The molecule has 2 heterocycles. The first-order valence-electron chi connectivity index (χ1n) is 6.19. The molecule has 1 aliphatic carbocycles. The normalized spacial score (nSPS) is 26.9. The Kier molecular flexibility index (Phi) is 2.67. The Balaban J connectivity index is 1.73. The average molecular weight is 228 g/mol. The number of nitrogens with zero attached hydrogens (tertiary/aromatic N) is 2. The van der Waals surface area contributed by atoms with Gasteiger partial charge in [-0.05, 0) is 36.8 Å². The van der Waals surface area contributed by atoms with Gasteiger partial charge in [0.15, 0.2) is 0 Å². The van der Waals surface area contributed by atoms with Crippen molar-refractivity contribution >= 4 is 5.91 Å². The van der Waals surface area contributed by atoms with Crippen LogP contribution in [0.15, 0.2) is 36.7 Å². The highest BCUT2D eigenvalue weighted by atomic mass is 16.2. The molecule has 1 amide bonds. The maximum Gasteiger partial charge on any atom is 0.255 e. The van der Waals surface area contributed by atoms with Gasteiger partial charge >= 0.3 is 0 Å². The molecule has 0 bridgehead atoms. The Morgan fingerprint density at radius 3 is 2.53 bits per heavy atom. The summed E-state index contributed by atoms with van der Waals surface area (Å²) < 4.78 is 0. The summed E-state index contributed by atoms with van der Waals surface area (Å²) in [4.78, 5) is 18.2. The number of amides is 1. The van der Waals surface area contributed by atoms with Gasteiger partial charge in [0.1, 0.15) is 0 Å². The summed E-state index contributed by atoms with van der Waals surface area (Å²) in [6, 6.07) is 3.66. The van der Waals surface area contributed by atoms with Crippen molar-refractivity contribution in [1.82, 2.24) is 9.88 Å². The molecule has 0 aromatic carbocycles. The lowest BCUT2D eigenvalue weighted by Crippen LogP contribution is -2.29. The third-order valence-electron chi connectivity index (χ3n) is 3.82. The first-order chi connectivity index (χ1) is 8.34. The van der Waals surface area contributed by atoms with Crippen LogP contribution >= 0.6 is 0 Å². The molecule has 1 aliphatic heterocycles. The first kappa shape index (κ1) is 10.5. The molecule has 3 nitrogen and oxygen atoms in total. The number of carbonyl (C=O) groups is 1. The fourth-order valence-corrected chi connectivity index (χ4v) is 2.85. The first-order valence-corrected chi connectivity index (χ1v) is 6.19. The third kappa shape index (κ3) is 1.97. The molecule has 2 atom stereocenters. The van der Waals surface area contributed by atoms with Crippen LogP contribution in [0.4, 0.5) is 0 Å². The van der Waals surface area contributed by atoms with E-state index in [9.17, 15) is 4.79 Å². The van der Waals surface area contributed by atoms with Crippen LogP contribution in [0.3, 0.4) is 0 Å². The van der Waals surface area contributed by atoms with E-state index in [-0.39, 0.29) is 5.91 Å². The summed E-state index contributed by atoms with van der Waals surface area (Å²) in [5.74, 6) is 1.47. The quantitative estimate of drug-likeness (QED) is 0.690. The van der Waals surface area contributed by atoms with E-state index in [4.69, 9.17) is 0 Å². The number of hydrogen-bond acceptors (Lipinski definition) is 2. The molecule has 0 N–H and O–H groups in total. The molecule has 0 spiro atoms. The molecule has 0 radical (unpaired) electrons. The van der Waals surface area contributed by atoms with Crippen LogP contribution in [0.5, 0.6) is 0 Å². The molecule has 1 saturated heterocycles. The average Bonchev–Trinajstić information content (AvgIpc) is 2.82. The second-order valence-corrected chi connectivity index (χ2v) is 4.91. The number of aromatic nitrogens is 1. The third-order valence-corrected chi connectivity index (χ3v) is 3.82. The zero-order chi connectivity index (χ0) is 11.7. The molecule has 2 unspecified atom stereocenters. The highest BCUT2D eigenvalue weighted by molar-refractivity contribution is 5.94. The summed E-state index contributed by atoms with van der Waals surface area (Å²) in [6.45, 7) is 1.81. The van der Waals surface area contributed by atoms with Gasteiger partial charge in [0.2, 0.25) is 0 Å². The van der Waals surface area contributed by atoms with Crippen molar-refractivity contribution in [2.24, 2.45) is 11.8 Å². The standard InChI is InChI=1S/C14H16N2O/c17-14(11-6-3-7-15-8-11)16-9-12-4-1-2-5-13(12)10-16/h1-3,6-8,12-13H,4-5,9-10H2. The van der Waals surface area contributed by atoms with Crippen molar-refractivity contribution in [3.05, 3.63) is 42.2 Å². The molecular formula is C14H16N2O. The van der Waals surface area contributed by atoms with Crippen LogP contribution in [0.2, 0.25) is 0 Å². The van der Waals surface area contributed by atoms with Crippen molar-refractivity contribution in [3.63, 3.8) is 0 Å². The maximum absolute atomic E-state index is 12.3. The number of allylic oxidation sites excluding steroid dienone is 2. The van der Waals surface area contributed by atoms with Crippen molar-refractivity contribution in [2.45, 2.75) is 12.8 Å². The van der Waals surface area contributed by atoms with Crippen LogP contribution < -0.4 is 0 Å². The van der Waals surface area contributed by atoms with Crippen LogP contribution in [0.25, 0.3) is 0 Å². The van der Waals surface area contributed by atoms with Crippen LogP contribution in [-0.4, -0.2) is 28.9 Å². The van der Waals surface area contributed by atoms with Crippen LogP contribution in [0.1, 0.15) is 23.2 Å². The number of rotatable bonds is 1. The molecule has 1 aromatic heterocycles. The summed E-state index contributed by atoms with van der Waals surface area (Å²) in [5, 5.41) is 0. The van der Waals surface area contributed by atoms with Gasteiger partial charge in [-0.25, -0.2) is 0 Å². The molecule has 88 valence electrons. The summed E-state index contributed by atoms with van der Waals surface area (Å²) in [7, 11) is 0. The lowest BCUT2D eigenvalue weighted by Gasteiger charge is -2.17. The van der Waals surface area contributed by atoms with E-state index in [1.54, 1.807) is 12.4 Å². The van der Waals surface area contributed by atoms with E-state index < -0.39 is 0 Å². The zero-order valence-corrected chi connectivity index (χ0v) is 9.75. The molecule has 0 saturated carbocycles. The zero-order valence-electron chi connectivity index (χ0n) is 9.75. The largest absolute Gasteiger partial charge is 0.338 e. The highest BCUT2D eigenvalue weighted by Crippen LogP contribution is 2.33. The molecular weight excluding hydrogens is 212 g/mol. The molecule has 2 aliphatic rings. The Hall–Kier alpha value is -1.64. The Morgan fingerprint density at radius 1 is 1.24 bits per heavy atom. The monoisotopic (exact) mass is 228 g/mol. The van der Waals surface area contributed by atoms with Gasteiger partial charge in [0.05, 0.1) is 5.56 Å². The summed E-state index contributed by atoms with van der Waals surface area (Å²) >= 11 is 0. The van der Waals surface area contributed by atoms with Gasteiger partial charge in [-0.15, -0.1) is 0 Å². The fraction of sp³-hybridized carbons (Fsp3) is 0.429. The second-order valence-electron chi connectivity index (χ2n) is 4.91. The number of carbonyl (C=O) groups excluding carboxylic acids is 1. The van der Waals surface area contributed by atoms with Crippen molar-refractivity contribution in [2.75, 3.05) is 13.1 Å². The number of likely N-dealkylation sites (tertiary alicyclic amines) is 1. The van der Waals surface area contributed by atoms with E-state index in [0.717, 1.165) is 25.9 Å². The molecule has 3 heteroatoms. The second kappa shape index (κ2) is 4.32. The minimum atomic E-state index is 0.132. The van der Waals surface area contributed by atoms with E-state index in [1.807, 2.05) is 17.0 Å². The van der Waals surface area contributed by atoms with Crippen molar-refractivity contribution in [1.29, 1.82) is 0 Å². The number of pyridine rings is 1. The van der Waals surface area contributed by atoms with E-state index in [0.29, 0.717) is 17.4 Å². The van der Waals surface area contributed by atoms with Gasteiger partial charge in [-0.2, -0.15) is 0 Å². The van der Waals surface area contributed by atoms with Gasteiger partial charge < -0.3 is 4.90 Å². The Morgan fingerprint density at radius 2 is 1.94 bits per heavy atom. The van der Waals surface area contributed by atoms with E-state index in [2.05, 4.69) is 17.1 Å². The molecule has 1 aromatic rings. The lowest BCUT2D eigenvalue weighted by atomic mass is 9.86. The Labute approximate surface area is 101 Å². The van der Waals surface area contributed by atoms with Gasteiger partial charge in [-0.1, -0.05) is 12.2 Å². The molecule has 1 fully saturated rings. The van der Waals surface area contributed by atoms with Crippen molar-refractivity contribution < 1.29 is 4.79 Å². The molecule has 17 heavy (non-hydrogen) atoms. The van der Waals surface area contributed by atoms with E-state index in [1.165, 1.54) is 0 Å². The van der Waals surface area contributed by atoms with Gasteiger partial charge in [-0.3, -0.25) is 9.78 Å². The minimum absolute atomic E-state index is 0.132.